The van der Waals surface area contributed by atoms with Crippen LogP contribution in [0.15, 0.2) is 35.2 Å². The summed E-state index contributed by atoms with van der Waals surface area (Å²) in [6.07, 6.45) is 2.97. The van der Waals surface area contributed by atoms with Crippen molar-refractivity contribution < 1.29 is 13.7 Å². The molecule has 34 heavy (non-hydrogen) atoms. The first-order valence-corrected chi connectivity index (χ1v) is 13.1. The zero-order chi connectivity index (χ0) is 24.8. The Morgan fingerprint density at radius 3 is 2.29 bits per heavy atom. The summed E-state index contributed by atoms with van der Waals surface area (Å²) in [5, 5.41) is 0. The number of methoxy groups -OCH3 is 1. The fourth-order valence-corrected chi connectivity index (χ4v) is 5.92. The van der Waals surface area contributed by atoms with Gasteiger partial charge in [0.2, 0.25) is 5.91 Å². The van der Waals surface area contributed by atoms with Crippen LogP contribution in [-0.4, -0.2) is 72.1 Å². The van der Waals surface area contributed by atoms with E-state index in [2.05, 4.69) is 37.2 Å². The maximum absolute atomic E-state index is 13.1. The van der Waals surface area contributed by atoms with Gasteiger partial charge >= 0.3 is 0 Å². The molecule has 186 valence electrons. The molecule has 0 aromatic heterocycles. The maximum Gasteiger partial charge on any atom is 0.222 e. The Morgan fingerprint density at radius 2 is 1.68 bits per heavy atom. The SMILES string of the molecule is COc1cc(C)c(S(=O)N(C)CCCC(=O)N2CCc3ccc(CN(C)C)cc3CC2)c(C)c1. The molecule has 3 rings (SSSR count). The van der Waals surface area contributed by atoms with Crippen molar-refractivity contribution in [1.29, 1.82) is 0 Å². The molecule has 1 heterocycles. The van der Waals surface area contributed by atoms with Crippen molar-refractivity contribution in [2.75, 3.05) is 47.9 Å². The molecule has 0 fully saturated rings. The molecule has 1 aliphatic rings. The standard InChI is InChI=1S/C27H39N3O3S/c1-20-16-25(33-6)17-21(2)27(20)34(32)29(5)13-7-8-26(31)30-14-11-23-10-9-22(19-28(3)4)18-24(23)12-15-30/h9-10,16-18H,7-8,11-15,19H2,1-6H3. The summed E-state index contributed by atoms with van der Waals surface area (Å²) in [7, 11) is 6.39. The van der Waals surface area contributed by atoms with Gasteiger partial charge in [0.05, 0.1) is 12.0 Å². The van der Waals surface area contributed by atoms with E-state index in [0.717, 1.165) is 54.2 Å². The quantitative estimate of drug-likeness (QED) is 0.543. The molecule has 0 spiro atoms. The maximum atomic E-state index is 13.1. The fraction of sp³-hybridized carbons (Fsp3) is 0.519. The Bertz CT molecular complexity index is 1010. The van der Waals surface area contributed by atoms with Crippen LogP contribution in [0.1, 0.15) is 40.7 Å². The summed E-state index contributed by atoms with van der Waals surface area (Å²) < 4.78 is 20.3. The Labute approximate surface area is 207 Å². The van der Waals surface area contributed by atoms with Gasteiger partial charge in [0.25, 0.3) is 0 Å². The number of carbonyl (C=O) groups is 1. The second kappa shape index (κ2) is 12.0. The molecule has 0 N–H and O–H groups in total. The van der Waals surface area contributed by atoms with Gasteiger partial charge in [0.1, 0.15) is 16.7 Å². The third-order valence-electron chi connectivity index (χ3n) is 6.42. The summed E-state index contributed by atoms with van der Waals surface area (Å²) in [6, 6.07) is 10.6. The molecular formula is C27H39N3O3S. The van der Waals surface area contributed by atoms with Crippen LogP contribution in [0.4, 0.5) is 0 Å². The monoisotopic (exact) mass is 485 g/mol. The molecule has 0 aliphatic carbocycles. The minimum atomic E-state index is -1.27. The van der Waals surface area contributed by atoms with Crippen LogP contribution in [0.2, 0.25) is 0 Å². The van der Waals surface area contributed by atoms with Crippen LogP contribution in [0.3, 0.4) is 0 Å². The van der Waals surface area contributed by atoms with Gasteiger partial charge in [-0.1, -0.05) is 18.2 Å². The molecule has 1 atom stereocenters. The van der Waals surface area contributed by atoms with Gasteiger partial charge in [-0.3, -0.25) is 4.79 Å². The van der Waals surface area contributed by atoms with E-state index < -0.39 is 11.0 Å². The third-order valence-corrected chi connectivity index (χ3v) is 8.16. The van der Waals surface area contributed by atoms with E-state index in [0.29, 0.717) is 19.4 Å². The number of benzene rings is 2. The normalized spacial score (nSPS) is 14.8. The predicted octanol–water partition coefficient (Wildman–Crippen LogP) is 3.74. The van der Waals surface area contributed by atoms with Crippen molar-refractivity contribution in [2.24, 2.45) is 0 Å². The van der Waals surface area contributed by atoms with Crippen LogP contribution in [0.5, 0.6) is 5.75 Å². The lowest BCUT2D eigenvalue weighted by Crippen LogP contribution is -2.34. The highest BCUT2D eigenvalue weighted by Gasteiger charge is 2.20. The van der Waals surface area contributed by atoms with Crippen LogP contribution >= 0.6 is 0 Å². The third kappa shape index (κ3) is 6.68. The molecule has 7 heteroatoms. The lowest BCUT2D eigenvalue weighted by Gasteiger charge is -2.22. The Kier molecular flexibility index (Phi) is 9.28. The number of nitrogens with zero attached hydrogens (tertiary/aromatic N) is 3. The van der Waals surface area contributed by atoms with Gasteiger partial charge in [-0.15, -0.1) is 0 Å². The van der Waals surface area contributed by atoms with Crippen LogP contribution < -0.4 is 4.74 Å². The Balaban J connectivity index is 1.51. The second-order valence-electron chi connectivity index (χ2n) is 9.52. The zero-order valence-corrected chi connectivity index (χ0v) is 22.3. The van der Waals surface area contributed by atoms with Crippen molar-refractivity contribution in [3.05, 3.63) is 58.1 Å². The topological polar surface area (TPSA) is 53.1 Å². The van der Waals surface area contributed by atoms with Crippen molar-refractivity contribution in [2.45, 2.75) is 51.0 Å². The molecule has 0 bridgehead atoms. The first-order valence-electron chi connectivity index (χ1n) is 12.0. The van der Waals surface area contributed by atoms with E-state index in [1.807, 2.05) is 42.2 Å². The van der Waals surface area contributed by atoms with Gasteiger partial charge in [0, 0.05) is 39.6 Å². The highest BCUT2D eigenvalue weighted by Crippen LogP contribution is 2.26. The predicted molar refractivity (Wildman–Crippen MR) is 139 cm³/mol. The summed E-state index contributed by atoms with van der Waals surface area (Å²) in [6.45, 7) is 6.99. The summed E-state index contributed by atoms with van der Waals surface area (Å²) >= 11 is 0. The largest absolute Gasteiger partial charge is 0.497 e. The Hall–Kier alpha value is -2.22. The van der Waals surface area contributed by atoms with Crippen LogP contribution in [0.25, 0.3) is 0 Å². The van der Waals surface area contributed by atoms with Gasteiger partial charge in [-0.25, -0.2) is 8.51 Å². The number of rotatable bonds is 9. The van der Waals surface area contributed by atoms with Gasteiger partial charge in [0.15, 0.2) is 0 Å². The molecule has 2 aromatic carbocycles. The molecule has 6 nitrogen and oxygen atoms in total. The lowest BCUT2D eigenvalue weighted by molar-refractivity contribution is -0.131. The molecule has 0 saturated carbocycles. The van der Waals surface area contributed by atoms with Crippen molar-refractivity contribution in [3.63, 3.8) is 0 Å². The molecule has 0 radical (unpaired) electrons. The van der Waals surface area contributed by atoms with Gasteiger partial charge < -0.3 is 14.5 Å². The van der Waals surface area contributed by atoms with Crippen molar-refractivity contribution in [3.8, 4) is 5.75 Å². The average Bonchev–Trinajstić information content (AvgIpc) is 3.00. The number of fused-ring (bicyclic) bond motifs is 1. The smallest absolute Gasteiger partial charge is 0.222 e. The minimum absolute atomic E-state index is 0.192. The highest BCUT2D eigenvalue weighted by molar-refractivity contribution is 7.82. The van der Waals surface area contributed by atoms with E-state index >= 15 is 0 Å². The molecule has 1 aliphatic heterocycles. The van der Waals surface area contributed by atoms with Crippen LogP contribution in [0, 0.1) is 13.8 Å². The molecule has 1 amide bonds. The number of hydrogen-bond acceptors (Lipinski definition) is 4. The highest BCUT2D eigenvalue weighted by atomic mass is 32.2. The van der Waals surface area contributed by atoms with Gasteiger partial charge in [-0.2, -0.15) is 0 Å². The first-order chi connectivity index (χ1) is 16.2. The van der Waals surface area contributed by atoms with Crippen molar-refractivity contribution >= 4 is 16.9 Å². The summed E-state index contributed by atoms with van der Waals surface area (Å²) in [4.78, 5) is 17.9. The summed E-state index contributed by atoms with van der Waals surface area (Å²) in [5.41, 5.74) is 5.96. The second-order valence-corrected chi connectivity index (χ2v) is 11.0. The number of carbonyl (C=O) groups excluding carboxylic acids is 1. The molecule has 0 saturated heterocycles. The number of hydrogen-bond donors (Lipinski definition) is 0. The van der Waals surface area contributed by atoms with E-state index in [9.17, 15) is 9.00 Å². The molecule has 1 unspecified atom stereocenters. The van der Waals surface area contributed by atoms with Crippen LogP contribution in [-0.2, 0) is 35.2 Å². The number of ether oxygens (including phenoxy) is 1. The van der Waals surface area contributed by atoms with E-state index in [1.165, 1.54) is 16.7 Å². The molecule has 2 aromatic rings. The van der Waals surface area contributed by atoms with Gasteiger partial charge in [-0.05, 0) is 87.2 Å². The average molecular weight is 486 g/mol. The number of amides is 1. The van der Waals surface area contributed by atoms with E-state index in [1.54, 1.807) is 7.11 Å². The lowest BCUT2D eigenvalue weighted by atomic mass is 10.00. The molecular weight excluding hydrogens is 446 g/mol. The Morgan fingerprint density at radius 1 is 1.03 bits per heavy atom. The fourth-order valence-electron chi connectivity index (χ4n) is 4.65. The van der Waals surface area contributed by atoms with E-state index in [-0.39, 0.29) is 5.91 Å². The van der Waals surface area contributed by atoms with E-state index in [4.69, 9.17) is 4.74 Å². The summed E-state index contributed by atoms with van der Waals surface area (Å²) in [5.74, 6) is 0.967. The first kappa shape index (κ1) is 26.4. The zero-order valence-electron chi connectivity index (χ0n) is 21.5. The minimum Gasteiger partial charge on any atom is -0.497 e. The van der Waals surface area contributed by atoms with Crippen molar-refractivity contribution in [1.82, 2.24) is 14.1 Å². The number of aryl methyl sites for hydroxylation is 2.